The molecule has 2 aromatic rings. The van der Waals surface area contributed by atoms with Crippen LogP contribution in [-0.4, -0.2) is 16.2 Å². The van der Waals surface area contributed by atoms with Gasteiger partial charge in [0.1, 0.15) is 6.29 Å². The van der Waals surface area contributed by atoms with E-state index >= 15 is 0 Å². The second kappa shape index (κ2) is 6.56. The second-order valence-corrected chi connectivity index (χ2v) is 5.70. The van der Waals surface area contributed by atoms with Crippen LogP contribution in [0.4, 0.5) is 22.9 Å². The maximum Gasteiger partial charge on any atom is 0.271 e. The summed E-state index contributed by atoms with van der Waals surface area (Å²) in [6.45, 7) is 0. The summed E-state index contributed by atoms with van der Waals surface area (Å²) < 4.78 is 0. The molecule has 0 spiro atoms. The van der Waals surface area contributed by atoms with Gasteiger partial charge < -0.3 is 15.8 Å². The van der Waals surface area contributed by atoms with Crippen LogP contribution in [0.15, 0.2) is 60.8 Å². The predicted molar refractivity (Wildman–Crippen MR) is 95.7 cm³/mol. The Bertz CT molecular complexity index is 892. The van der Waals surface area contributed by atoms with Gasteiger partial charge in [-0.1, -0.05) is 24.3 Å². The van der Waals surface area contributed by atoms with E-state index in [4.69, 9.17) is 5.73 Å². The van der Waals surface area contributed by atoms with Gasteiger partial charge in [-0.25, -0.2) is 4.98 Å². The Morgan fingerprint density at radius 2 is 2.16 bits per heavy atom. The minimum absolute atomic E-state index is 0.0860. The molecule has 1 aromatic heterocycles. The number of nitrogen functional groups attached to an aromatic ring is 1. The Balaban J connectivity index is 2.13. The van der Waals surface area contributed by atoms with Gasteiger partial charge in [0, 0.05) is 18.3 Å². The van der Waals surface area contributed by atoms with Gasteiger partial charge in [0.05, 0.1) is 21.7 Å². The molecular weight excluding hydrogens is 320 g/mol. The number of pyridine rings is 1. The highest BCUT2D eigenvalue weighted by Gasteiger charge is 2.32. The van der Waals surface area contributed by atoms with E-state index in [0.717, 1.165) is 6.29 Å². The molecule has 25 heavy (non-hydrogen) atoms. The van der Waals surface area contributed by atoms with Gasteiger partial charge in [-0.2, -0.15) is 0 Å². The first-order valence-corrected chi connectivity index (χ1v) is 7.63. The topological polar surface area (TPSA) is 111 Å². The molecule has 1 heterocycles. The Labute approximate surface area is 144 Å². The van der Waals surface area contributed by atoms with Crippen molar-refractivity contribution in [1.29, 1.82) is 0 Å². The third-order valence-corrected chi connectivity index (χ3v) is 4.11. The summed E-state index contributed by atoms with van der Waals surface area (Å²) in [5, 5.41) is 14.2. The van der Waals surface area contributed by atoms with Crippen molar-refractivity contribution >= 4 is 29.2 Å². The number of allylic oxidation sites excluding steroid dienone is 4. The minimum Gasteiger partial charge on any atom is -0.396 e. The van der Waals surface area contributed by atoms with Crippen molar-refractivity contribution in [3.05, 3.63) is 76.5 Å². The number of carbonyl (C=O) groups is 1. The van der Waals surface area contributed by atoms with Crippen molar-refractivity contribution in [3.63, 3.8) is 0 Å². The van der Waals surface area contributed by atoms with Crippen LogP contribution < -0.4 is 11.1 Å². The molecule has 7 nitrogen and oxygen atoms in total. The molecule has 7 heteroatoms. The highest BCUT2D eigenvalue weighted by molar-refractivity contribution is 5.81. The van der Waals surface area contributed by atoms with Crippen molar-refractivity contribution in [3.8, 4) is 0 Å². The van der Waals surface area contributed by atoms with E-state index in [0.29, 0.717) is 29.2 Å². The molecule has 0 fully saturated rings. The summed E-state index contributed by atoms with van der Waals surface area (Å²) in [6.07, 6.45) is 10.2. The van der Waals surface area contributed by atoms with Crippen LogP contribution in [0.1, 0.15) is 12.0 Å². The van der Waals surface area contributed by atoms with E-state index in [2.05, 4.69) is 10.3 Å². The molecule has 1 aliphatic carbocycles. The summed E-state index contributed by atoms with van der Waals surface area (Å²) in [5.41, 5.74) is 6.38. The van der Waals surface area contributed by atoms with Crippen LogP contribution in [0.5, 0.6) is 0 Å². The average Bonchev–Trinajstić information content (AvgIpc) is 2.64. The Hall–Kier alpha value is -3.48. The molecule has 0 radical (unpaired) electrons. The molecule has 0 saturated heterocycles. The number of nitrogens with zero attached hydrogens (tertiary/aromatic N) is 2. The molecule has 1 aliphatic rings. The van der Waals surface area contributed by atoms with Crippen molar-refractivity contribution in [2.75, 3.05) is 11.1 Å². The third kappa shape index (κ3) is 3.12. The van der Waals surface area contributed by atoms with Gasteiger partial charge in [0.25, 0.3) is 5.69 Å². The summed E-state index contributed by atoms with van der Waals surface area (Å²) in [5.74, 6) is 0.376. The van der Waals surface area contributed by atoms with Crippen LogP contribution in [0.3, 0.4) is 0 Å². The zero-order chi connectivity index (χ0) is 17.9. The molecule has 1 unspecified atom stereocenters. The van der Waals surface area contributed by atoms with E-state index in [1.54, 1.807) is 36.5 Å². The predicted octanol–water partition coefficient (Wildman–Crippen LogP) is 3.27. The Morgan fingerprint density at radius 3 is 2.80 bits per heavy atom. The average molecular weight is 336 g/mol. The molecule has 0 saturated carbocycles. The number of non-ortho nitro benzene ring substituents is 1. The normalized spacial score (nSPS) is 18.7. The van der Waals surface area contributed by atoms with E-state index in [9.17, 15) is 14.9 Å². The molecule has 3 rings (SSSR count). The number of hydrogen-bond donors (Lipinski definition) is 2. The standard InChI is InChI=1S/C18H16N4O3/c19-15-5-4-10-20-17(15)21-16-11-13(22(24)25)6-7-14(16)18(12-23)8-2-1-3-9-18/h1-8,10-12H,9,19H2,(H,20,21). The van der Waals surface area contributed by atoms with Gasteiger partial charge in [-0.3, -0.25) is 10.1 Å². The van der Waals surface area contributed by atoms with Gasteiger partial charge in [0.2, 0.25) is 0 Å². The van der Waals surface area contributed by atoms with Crippen LogP contribution in [-0.2, 0) is 10.2 Å². The van der Waals surface area contributed by atoms with E-state index in [-0.39, 0.29) is 5.69 Å². The number of hydrogen-bond acceptors (Lipinski definition) is 6. The fraction of sp³-hybridized carbons (Fsp3) is 0.111. The largest absolute Gasteiger partial charge is 0.396 e. The number of aldehydes is 1. The summed E-state index contributed by atoms with van der Waals surface area (Å²) in [7, 11) is 0. The van der Waals surface area contributed by atoms with Crippen molar-refractivity contribution in [2.24, 2.45) is 0 Å². The molecule has 0 amide bonds. The first-order valence-electron chi connectivity index (χ1n) is 7.63. The lowest BCUT2D eigenvalue weighted by molar-refractivity contribution is -0.384. The smallest absolute Gasteiger partial charge is 0.271 e. The van der Waals surface area contributed by atoms with E-state index in [1.807, 2.05) is 12.2 Å². The van der Waals surface area contributed by atoms with E-state index < -0.39 is 10.3 Å². The first-order chi connectivity index (χ1) is 12.1. The summed E-state index contributed by atoms with van der Waals surface area (Å²) in [4.78, 5) is 26.7. The lowest BCUT2D eigenvalue weighted by atomic mass is 9.76. The number of carbonyl (C=O) groups excluding carboxylic acids is 1. The minimum atomic E-state index is -0.893. The number of rotatable bonds is 5. The van der Waals surface area contributed by atoms with Crippen molar-refractivity contribution in [1.82, 2.24) is 4.98 Å². The van der Waals surface area contributed by atoms with Crippen LogP contribution in [0.25, 0.3) is 0 Å². The summed E-state index contributed by atoms with van der Waals surface area (Å²) in [6, 6.07) is 7.74. The maximum absolute atomic E-state index is 11.9. The fourth-order valence-corrected chi connectivity index (χ4v) is 2.79. The van der Waals surface area contributed by atoms with E-state index in [1.165, 1.54) is 12.1 Å². The number of nitrogens with two attached hydrogens (primary N) is 1. The zero-order valence-corrected chi connectivity index (χ0v) is 13.3. The zero-order valence-electron chi connectivity index (χ0n) is 13.3. The van der Waals surface area contributed by atoms with Crippen molar-refractivity contribution in [2.45, 2.75) is 11.8 Å². The molecule has 3 N–H and O–H groups in total. The fourth-order valence-electron chi connectivity index (χ4n) is 2.79. The second-order valence-electron chi connectivity index (χ2n) is 5.70. The highest BCUT2D eigenvalue weighted by atomic mass is 16.6. The Kier molecular flexibility index (Phi) is 4.30. The quantitative estimate of drug-likeness (QED) is 0.492. The molecule has 126 valence electrons. The van der Waals surface area contributed by atoms with Gasteiger partial charge in [-0.05, 0) is 30.2 Å². The van der Waals surface area contributed by atoms with Crippen LogP contribution >= 0.6 is 0 Å². The monoisotopic (exact) mass is 336 g/mol. The number of nitro benzene ring substituents is 1. The lowest BCUT2D eigenvalue weighted by Gasteiger charge is -2.28. The lowest BCUT2D eigenvalue weighted by Crippen LogP contribution is -2.27. The van der Waals surface area contributed by atoms with Gasteiger partial charge in [-0.15, -0.1) is 0 Å². The maximum atomic E-state index is 11.9. The molecule has 1 aromatic carbocycles. The number of benzene rings is 1. The third-order valence-electron chi connectivity index (χ3n) is 4.11. The number of nitrogens with one attached hydrogen (secondary N) is 1. The van der Waals surface area contributed by atoms with Crippen LogP contribution in [0.2, 0.25) is 0 Å². The number of aromatic nitrogens is 1. The molecule has 0 aliphatic heterocycles. The van der Waals surface area contributed by atoms with Crippen LogP contribution in [0, 0.1) is 10.1 Å². The summed E-state index contributed by atoms with van der Waals surface area (Å²) >= 11 is 0. The molecular formula is C18H16N4O3. The van der Waals surface area contributed by atoms with Gasteiger partial charge >= 0.3 is 0 Å². The Morgan fingerprint density at radius 1 is 1.32 bits per heavy atom. The number of nitro groups is 1. The molecule has 0 bridgehead atoms. The highest BCUT2D eigenvalue weighted by Crippen LogP contribution is 2.38. The van der Waals surface area contributed by atoms with Crippen molar-refractivity contribution < 1.29 is 9.72 Å². The first kappa shape index (κ1) is 16.4. The molecule has 1 atom stereocenters. The number of anilines is 3. The SMILES string of the molecule is Nc1cccnc1Nc1cc([N+](=O)[O-])ccc1C1(C=O)C=CC=CC1. The van der Waals surface area contributed by atoms with Gasteiger partial charge in [0.15, 0.2) is 5.82 Å².